The molecule has 1 aromatic heterocycles. The van der Waals surface area contributed by atoms with Crippen LogP contribution in [0.1, 0.15) is 52.1 Å². The summed E-state index contributed by atoms with van der Waals surface area (Å²) in [4.78, 5) is 46.1. The van der Waals surface area contributed by atoms with Crippen LogP contribution in [-0.2, 0) is 0 Å². The van der Waals surface area contributed by atoms with Gasteiger partial charge in [0.05, 0.1) is 21.8 Å². The number of fused-ring (bicyclic) bond motifs is 1. The quantitative estimate of drug-likeness (QED) is 0.341. The highest BCUT2D eigenvalue weighted by Gasteiger charge is 2.18. The largest absolute Gasteiger partial charge is 0.396 e. The summed E-state index contributed by atoms with van der Waals surface area (Å²) in [5.41, 5.74) is 2.09. The van der Waals surface area contributed by atoms with Crippen LogP contribution in [0.3, 0.4) is 0 Å². The number of hydrogen-bond acceptors (Lipinski definition) is 6. The first-order valence-corrected chi connectivity index (χ1v) is 13.5. The topological polar surface area (TPSA) is 124 Å². The van der Waals surface area contributed by atoms with Gasteiger partial charge < -0.3 is 20.7 Å². The minimum Gasteiger partial charge on any atom is -0.396 e. The highest BCUT2D eigenvalue weighted by atomic mass is 35.5. The lowest BCUT2D eigenvalue weighted by molar-refractivity contribution is 0.0928. The van der Waals surface area contributed by atoms with Crippen LogP contribution in [0.4, 0.5) is 5.69 Å². The molecule has 1 aliphatic heterocycles. The number of benzene rings is 2. The number of allylic oxidation sites excluding steroid dienone is 1. The van der Waals surface area contributed by atoms with E-state index in [9.17, 15) is 19.5 Å². The number of carbonyl (C=O) groups excluding carboxylic acids is 2. The summed E-state index contributed by atoms with van der Waals surface area (Å²) < 4.78 is 0. The van der Waals surface area contributed by atoms with Crippen LogP contribution in [0.2, 0.25) is 5.02 Å². The van der Waals surface area contributed by atoms with E-state index in [2.05, 4.69) is 20.6 Å². The Labute approximate surface area is 228 Å². The van der Waals surface area contributed by atoms with Crippen molar-refractivity contribution in [3.63, 3.8) is 0 Å². The number of nitrogens with zero attached hydrogens (tertiary/aromatic N) is 1. The maximum atomic E-state index is 13.1. The van der Waals surface area contributed by atoms with E-state index in [1.807, 2.05) is 49.6 Å². The third kappa shape index (κ3) is 6.24. The molecule has 0 spiro atoms. The Morgan fingerprint density at radius 3 is 2.63 bits per heavy atom. The zero-order valence-corrected chi connectivity index (χ0v) is 22.4. The molecule has 4 N–H and O–H groups in total. The summed E-state index contributed by atoms with van der Waals surface area (Å²) in [6.07, 6.45) is 4.81. The van der Waals surface area contributed by atoms with Gasteiger partial charge in [-0.05, 0) is 61.4 Å². The van der Waals surface area contributed by atoms with E-state index >= 15 is 0 Å². The van der Waals surface area contributed by atoms with Crippen LogP contribution in [0, 0.1) is 0 Å². The molecule has 4 rings (SSSR count). The number of anilines is 1. The van der Waals surface area contributed by atoms with Gasteiger partial charge in [0.15, 0.2) is 0 Å². The number of thioether (sulfide) groups is 1. The Morgan fingerprint density at radius 2 is 1.92 bits per heavy atom. The fourth-order valence-corrected chi connectivity index (χ4v) is 4.83. The Hall–Kier alpha value is -3.66. The summed E-state index contributed by atoms with van der Waals surface area (Å²) >= 11 is 7.80. The molecule has 2 heterocycles. The Balaban J connectivity index is 1.58. The van der Waals surface area contributed by atoms with Crippen molar-refractivity contribution in [1.29, 1.82) is 0 Å². The average Bonchev–Trinajstić information content (AvgIpc) is 3.07. The van der Waals surface area contributed by atoms with Gasteiger partial charge in [0.2, 0.25) is 0 Å². The second-order valence-corrected chi connectivity index (χ2v) is 9.93. The fourth-order valence-electron chi connectivity index (χ4n) is 4.05. The number of H-pyrrole nitrogens is 1. The molecule has 0 fully saturated rings. The monoisotopic (exact) mass is 550 g/mol. The molecule has 10 heteroatoms. The zero-order chi connectivity index (χ0) is 27.2. The molecule has 1 aliphatic rings. The van der Waals surface area contributed by atoms with E-state index in [0.29, 0.717) is 23.5 Å². The number of nitrogens with one attached hydrogen (secondary N) is 3. The van der Waals surface area contributed by atoms with Crippen molar-refractivity contribution >= 4 is 46.9 Å². The molecule has 0 bridgehead atoms. The zero-order valence-electron chi connectivity index (χ0n) is 20.9. The highest BCUT2D eigenvalue weighted by Crippen LogP contribution is 2.25. The standard InChI is InChI=1S/C28H27ClN4O4S/c1-16-8-9-18-14-20(27(37)32-24(18)33-28(16)38-2)26(36)31-23-15-19(10-11-21(23)29)25(35)30-22(12-13-34)17-6-4-3-5-7-17/h3-7,9-11,14-15,22,34H,8,12-13H2,1-2H3,(H,30,35)(H,31,36)(H,32,33,37). The number of rotatable bonds is 8. The van der Waals surface area contributed by atoms with Crippen LogP contribution >= 0.6 is 23.4 Å². The molecule has 8 nitrogen and oxygen atoms in total. The third-order valence-corrected chi connectivity index (χ3v) is 7.25. The summed E-state index contributed by atoms with van der Waals surface area (Å²) in [6.45, 7) is 1.87. The number of pyridine rings is 1. The summed E-state index contributed by atoms with van der Waals surface area (Å²) in [7, 11) is 0. The van der Waals surface area contributed by atoms with E-state index in [1.165, 1.54) is 30.0 Å². The molecule has 0 saturated heterocycles. The second kappa shape index (κ2) is 12.3. The molecule has 2 aromatic carbocycles. The van der Waals surface area contributed by atoms with Gasteiger partial charge in [-0.25, -0.2) is 4.99 Å². The Kier molecular flexibility index (Phi) is 8.83. The molecule has 0 radical (unpaired) electrons. The first kappa shape index (κ1) is 27.4. The minimum atomic E-state index is -0.664. The van der Waals surface area contributed by atoms with Crippen LogP contribution in [-0.4, -0.2) is 34.8 Å². The van der Waals surface area contributed by atoms with Gasteiger partial charge in [-0.1, -0.05) is 48.0 Å². The van der Waals surface area contributed by atoms with Crippen LogP contribution in [0.5, 0.6) is 0 Å². The maximum absolute atomic E-state index is 13.1. The van der Waals surface area contributed by atoms with Crippen molar-refractivity contribution in [3.05, 3.63) is 108 Å². The lowest BCUT2D eigenvalue weighted by Gasteiger charge is -2.19. The van der Waals surface area contributed by atoms with E-state index in [4.69, 9.17) is 11.6 Å². The number of halogens is 1. The summed E-state index contributed by atoms with van der Waals surface area (Å²) in [5, 5.41) is 16.7. The molecule has 0 saturated carbocycles. The predicted molar refractivity (Wildman–Crippen MR) is 151 cm³/mol. The van der Waals surface area contributed by atoms with Crippen molar-refractivity contribution in [1.82, 2.24) is 10.3 Å². The van der Waals surface area contributed by atoms with E-state index < -0.39 is 23.4 Å². The predicted octanol–water partition coefficient (Wildman–Crippen LogP) is 3.53. The Bertz CT molecular complexity index is 1580. The van der Waals surface area contributed by atoms with Crippen molar-refractivity contribution in [2.24, 2.45) is 4.99 Å². The van der Waals surface area contributed by atoms with Gasteiger partial charge in [-0.15, -0.1) is 11.8 Å². The van der Waals surface area contributed by atoms with Crippen molar-refractivity contribution in [3.8, 4) is 0 Å². The van der Waals surface area contributed by atoms with Gasteiger partial charge >= 0.3 is 0 Å². The molecule has 38 heavy (non-hydrogen) atoms. The molecule has 0 aliphatic carbocycles. The number of aromatic amines is 1. The maximum Gasteiger partial charge on any atom is 0.262 e. The summed E-state index contributed by atoms with van der Waals surface area (Å²) in [6, 6.07) is 14.9. The lowest BCUT2D eigenvalue weighted by atomic mass is 10.0. The first-order valence-electron chi connectivity index (χ1n) is 11.9. The number of amides is 2. The number of aromatic nitrogens is 1. The van der Waals surface area contributed by atoms with Crippen LogP contribution < -0.4 is 26.9 Å². The third-order valence-electron chi connectivity index (χ3n) is 6.10. The second-order valence-electron chi connectivity index (χ2n) is 8.72. The van der Waals surface area contributed by atoms with E-state index in [1.54, 1.807) is 6.07 Å². The first-order chi connectivity index (χ1) is 18.3. The number of aliphatic hydroxyl groups is 1. The number of carbonyl (C=O) groups is 2. The molecule has 196 valence electrons. The van der Waals surface area contributed by atoms with Crippen LogP contribution in [0.25, 0.3) is 6.08 Å². The SMILES string of the molecule is CSC1=C(C)CC=c2cc(C(=O)Nc3cc(C(=O)NC(CCO)c4ccccc4)ccc3Cl)c(=O)[nH]c2=N1. The number of aliphatic hydroxyl groups excluding tert-OH is 1. The molecule has 2 amide bonds. The van der Waals surface area contributed by atoms with Gasteiger partial charge in [0.25, 0.3) is 17.4 Å². The van der Waals surface area contributed by atoms with Gasteiger partial charge in [-0.3, -0.25) is 14.4 Å². The van der Waals surface area contributed by atoms with Gasteiger partial charge in [0, 0.05) is 17.4 Å². The minimum absolute atomic E-state index is 0.0986. The smallest absolute Gasteiger partial charge is 0.262 e. The van der Waals surface area contributed by atoms with Crippen molar-refractivity contribution in [2.75, 3.05) is 18.2 Å². The van der Waals surface area contributed by atoms with Gasteiger partial charge in [-0.2, -0.15) is 0 Å². The molecule has 3 aromatic rings. The molecule has 1 atom stereocenters. The van der Waals surface area contributed by atoms with Crippen LogP contribution in [0.15, 0.2) is 75.0 Å². The normalized spacial score (nSPS) is 13.5. The number of hydrogen-bond donors (Lipinski definition) is 4. The van der Waals surface area contributed by atoms with Gasteiger partial charge in [0.1, 0.15) is 11.1 Å². The van der Waals surface area contributed by atoms with E-state index in [-0.39, 0.29) is 28.4 Å². The molecular weight excluding hydrogens is 524 g/mol. The lowest BCUT2D eigenvalue weighted by Crippen LogP contribution is -2.38. The molecule has 1 unspecified atom stereocenters. The van der Waals surface area contributed by atoms with Crippen molar-refractivity contribution in [2.45, 2.75) is 25.8 Å². The summed E-state index contributed by atoms with van der Waals surface area (Å²) in [5.74, 6) is -1.06. The molecular formula is C28H27ClN4O4S. The van der Waals surface area contributed by atoms with Crippen molar-refractivity contribution < 1.29 is 14.7 Å². The Morgan fingerprint density at radius 1 is 1.16 bits per heavy atom. The fraction of sp³-hybridized carbons (Fsp3) is 0.214. The average molecular weight is 551 g/mol. The van der Waals surface area contributed by atoms with E-state index in [0.717, 1.165) is 16.2 Å². The highest BCUT2D eigenvalue weighted by molar-refractivity contribution is 8.02.